The standard InChI is InChI=1S/C15H25N3O5S/c16-5-6-17-7-9-1-3-10(4-2-9)24-18-12-14(21)13(20)11(8-19)23-15(12)22/h1-4,11-15,17-22H,5-8,16H2. The molecule has 0 amide bonds. The maximum atomic E-state index is 10.1. The van der Waals surface area contributed by atoms with Gasteiger partial charge in [-0.25, -0.2) is 4.72 Å². The molecule has 0 bridgehead atoms. The molecule has 1 aromatic carbocycles. The van der Waals surface area contributed by atoms with Gasteiger partial charge in [0.15, 0.2) is 6.29 Å². The highest BCUT2D eigenvalue weighted by molar-refractivity contribution is 7.97. The lowest BCUT2D eigenvalue weighted by Crippen LogP contribution is -2.62. The summed E-state index contributed by atoms with van der Waals surface area (Å²) in [5, 5.41) is 42.1. The highest BCUT2D eigenvalue weighted by atomic mass is 32.2. The molecule has 0 aromatic heterocycles. The second kappa shape index (κ2) is 9.66. The van der Waals surface area contributed by atoms with E-state index in [0.29, 0.717) is 6.54 Å². The van der Waals surface area contributed by atoms with Crippen LogP contribution in [0.5, 0.6) is 0 Å². The van der Waals surface area contributed by atoms with Crippen molar-refractivity contribution >= 4 is 11.9 Å². The van der Waals surface area contributed by atoms with Gasteiger partial charge in [0.25, 0.3) is 0 Å². The summed E-state index contributed by atoms with van der Waals surface area (Å²) in [6.45, 7) is 1.61. The molecule has 1 aliphatic heterocycles. The zero-order valence-corrected chi connectivity index (χ0v) is 14.0. The molecule has 5 atom stereocenters. The third-order valence-corrected chi connectivity index (χ3v) is 4.68. The Bertz CT molecular complexity index is 493. The number of benzene rings is 1. The lowest BCUT2D eigenvalue weighted by Gasteiger charge is -2.40. The molecule has 1 fully saturated rings. The van der Waals surface area contributed by atoms with Crippen molar-refractivity contribution in [3.63, 3.8) is 0 Å². The number of nitrogens with one attached hydrogen (secondary N) is 2. The van der Waals surface area contributed by atoms with Gasteiger partial charge >= 0.3 is 0 Å². The molecule has 1 heterocycles. The van der Waals surface area contributed by atoms with Crippen LogP contribution in [0.15, 0.2) is 29.2 Å². The van der Waals surface area contributed by atoms with Gasteiger partial charge in [0, 0.05) is 24.5 Å². The number of ether oxygens (including phenoxy) is 1. The van der Waals surface area contributed by atoms with Gasteiger partial charge in [-0.05, 0) is 29.6 Å². The fourth-order valence-electron chi connectivity index (χ4n) is 2.37. The topological polar surface area (TPSA) is 140 Å². The first-order valence-corrected chi connectivity index (χ1v) is 8.61. The first-order valence-electron chi connectivity index (χ1n) is 7.79. The number of rotatable bonds is 8. The van der Waals surface area contributed by atoms with E-state index in [4.69, 9.17) is 15.6 Å². The molecule has 0 radical (unpaired) electrons. The van der Waals surface area contributed by atoms with E-state index < -0.39 is 37.3 Å². The van der Waals surface area contributed by atoms with Crippen LogP contribution in [0.2, 0.25) is 0 Å². The number of nitrogens with two attached hydrogens (primary N) is 1. The molecule has 5 unspecified atom stereocenters. The van der Waals surface area contributed by atoms with E-state index in [-0.39, 0.29) is 0 Å². The fraction of sp³-hybridized carbons (Fsp3) is 0.600. The Balaban J connectivity index is 1.86. The van der Waals surface area contributed by atoms with Gasteiger partial charge in [-0.3, -0.25) is 0 Å². The summed E-state index contributed by atoms with van der Waals surface area (Å²) in [5.74, 6) is 0. The van der Waals surface area contributed by atoms with Gasteiger partial charge in [0.2, 0.25) is 0 Å². The second-order valence-corrected chi connectivity index (χ2v) is 6.50. The zero-order valence-electron chi connectivity index (χ0n) is 13.2. The van der Waals surface area contributed by atoms with E-state index in [1.807, 2.05) is 24.3 Å². The van der Waals surface area contributed by atoms with E-state index in [0.717, 1.165) is 23.5 Å². The summed E-state index contributed by atoms with van der Waals surface area (Å²) in [6, 6.07) is 6.88. The van der Waals surface area contributed by atoms with Crippen LogP contribution in [0.4, 0.5) is 0 Å². The summed E-state index contributed by atoms with van der Waals surface area (Å²) in [5.41, 5.74) is 6.54. The van der Waals surface area contributed by atoms with Crippen LogP contribution in [-0.2, 0) is 11.3 Å². The molecule has 0 saturated carbocycles. The van der Waals surface area contributed by atoms with Gasteiger partial charge in [0.1, 0.15) is 18.3 Å². The van der Waals surface area contributed by atoms with Crippen molar-refractivity contribution in [1.29, 1.82) is 0 Å². The van der Waals surface area contributed by atoms with Crippen LogP contribution < -0.4 is 15.8 Å². The molecule has 24 heavy (non-hydrogen) atoms. The molecular formula is C15H25N3O5S. The predicted octanol–water partition coefficient (Wildman–Crippen LogP) is -1.87. The van der Waals surface area contributed by atoms with Gasteiger partial charge in [-0.1, -0.05) is 12.1 Å². The highest BCUT2D eigenvalue weighted by Gasteiger charge is 2.43. The number of hydrogen-bond acceptors (Lipinski definition) is 9. The maximum absolute atomic E-state index is 10.1. The molecule has 8 N–H and O–H groups in total. The summed E-state index contributed by atoms with van der Waals surface area (Å²) in [6.07, 6.45) is -4.85. The minimum Gasteiger partial charge on any atom is -0.394 e. The molecule has 2 rings (SSSR count). The Morgan fingerprint density at radius 2 is 1.83 bits per heavy atom. The molecule has 0 spiro atoms. The number of hydrogen-bond donors (Lipinski definition) is 7. The van der Waals surface area contributed by atoms with Gasteiger partial charge in [-0.2, -0.15) is 0 Å². The summed E-state index contributed by atoms with van der Waals surface area (Å²) in [4.78, 5) is 0.885. The van der Waals surface area contributed by atoms with Crippen molar-refractivity contribution in [2.45, 2.75) is 42.1 Å². The van der Waals surface area contributed by atoms with E-state index in [9.17, 15) is 15.3 Å². The smallest absolute Gasteiger partial charge is 0.174 e. The quantitative estimate of drug-likeness (QED) is 0.210. The Hall–Kier alpha value is -0.750. The van der Waals surface area contributed by atoms with Gasteiger partial charge in [0.05, 0.1) is 12.6 Å². The van der Waals surface area contributed by atoms with Crippen LogP contribution in [-0.4, -0.2) is 70.8 Å². The average Bonchev–Trinajstić information content (AvgIpc) is 2.59. The Labute approximate surface area is 145 Å². The zero-order chi connectivity index (χ0) is 17.5. The van der Waals surface area contributed by atoms with Crippen molar-refractivity contribution in [2.75, 3.05) is 19.7 Å². The fourth-order valence-corrected chi connectivity index (χ4v) is 3.17. The minimum absolute atomic E-state index is 0.477. The Morgan fingerprint density at radius 3 is 2.46 bits per heavy atom. The van der Waals surface area contributed by atoms with E-state index >= 15 is 0 Å². The largest absolute Gasteiger partial charge is 0.394 e. The Morgan fingerprint density at radius 1 is 1.12 bits per heavy atom. The maximum Gasteiger partial charge on any atom is 0.174 e. The third kappa shape index (κ3) is 5.12. The summed E-state index contributed by atoms with van der Waals surface area (Å²) < 4.78 is 8.00. The van der Waals surface area contributed by atoms with Gasteiger partial charge in [-0.15, -0.1) is 0 Å². The average molecular weight is 359 g/mol. The number of aliphatic hydroxyl groups is 4. The summed E-state index contributed by atoms with van der Waals surface area (Å²) >= 11 is 1.22. The van der Waals surface area contributed by atoms with Crippen LogP contribution in [0.25, 0.3) is 0 Å². The van der Waals surface area contributed by atoms with Gasteiger partial charge < -0.3 is 36.2 Å². The monoisotopic (exact) mass is 359 g/mol. The molecule has 1 aliphatic rings. The van der Waals surface area contributed by atoms with Crippen molar-refractivity contribution < 1.29 is 25.2 Å². The first kappa shape index (κ1) is 19.6. The molecule has 9 heteroatoms. The van der Waals surface area contributed by atoms with Crippen LogP contribution in [0.3, 0.4) is 0 Å². The Kier molecular flexibility index (Phi) is 7.88. The first-order chi connectivity index (χ1) is 11.6. The molecule has 0 aliphatic carbocycles. The third-order valence-electron chi connectivity index (χ3n) is 3.79. The number of aliphatic hydroxyl groups excluding tert-OH is 4. The van der Waals surface area contributed by atoms with Crippen LogP contribution >= 0.6 is 11.9 Å². The van der Waals surface area contributed by atoms with E-state index in [1.54, 1.807) is 0 Å². The second-order valence-electron chi connectivity index (χ2n) is 5.58. The van der Waals surface area contributed by atoms with Crippen molar-refractivity contribution in [3.8, 4) is 0 Å². The van der Waals surface area contributed by atoms with Crippen molar-refractivity contribution in [2.24, 2.45) is 5.73 Å². The predicted molar refractivity (Wildman–Crippen MR) is 90.0 cm³/mol. The lowest BCUT2D eigenvalue weighted by molar-refractivity contribution is -0.251. The minimum atomic E-state index is -1.33. The normalized spacial score (nSPS) is 30.5. The van der Waals surface area contributed by atoms with E-state index in [2.05, 4.69) is 10.0 Å². The highest BCUT2D eigenvalue weighted by Crippen LogP contribution is 2.24. The molecule has 136 valence electrons. The SMILES string of the molecule is NCCNCc1ccc(SNC2C(O)OC(CO)C(O)C2O)cc1. The molecule has 1 aromatic rings. The van der Waals surface area contributed by atoms with E-state index in [1.165, 1.54) is 11.9 Å². The molecule has 1 saturated heterocycles. The summed E-state index contributed by atoms with van der Waals surface area (Å²) in [7, 11) is 0. The molecular weight excluding hydrogens is 334 g/mol. The molecule has 8 nitrogen and oxygen atoms in total. The van der Waals surface area contributed by atoms with Crippen molar-refractivity contribution in [1.82, 2.24) is 10.0 Å². The van der Waals surface area contributed by atoms with Crippen molar-refractivity contribution in [3.05, 3.63) is 29.8 Å². The lowest BCUT2D eigenvalue weighted by atomic mass is 9.98. The van der Waals surface area contributed by atoms with Crippen LogP contribution in [0, 0.1) is 0 Å². The van der Waals surface area contributed by atoms with Crippen LogP contribution in [0.1, 0.15) is 5.56 Å².